The molecule has 7 nitrogen and oxygen atoms in total. The van der Waals surface area contributed by atoms with Crippen molar-refractivity contribution >= 4 is 17.3 Å². The number of rotatable bonds is 6. The largest absolute Gasteiger partial charge is 0.378 e. The van der Waals surface area contributed by atoms with Crippen molar-refractivity contribution in [1.29, 1.82) is 0 Å². The number of nitrogens with two attached hydrogens (primary N) is 1. The average Bonchev–Trinajstić information content (AvgIpc) is 2.23. The molecule has 0 fully saturated rings. The maximum atomic E-state index is 10.5. The van der Waals surface area contributed by atoms with E-state index in [-0.39, 0.29) is 11.5 Å². The van der Waals surface area contributed by atoms with Crippen LogP contribution in [0.4, 0.5) is 17.3 Å². The van der Waals surface area contributed by atoms with E-state index >= 15 is 0 Å². The molecule has 1 aromatic heterocycles. The first-order valence-corrected chi connectivity index (χ1v) is 5.30. The Morgan fingerprint density at radius 3 is 2.76 bits per heavy atom. The number of aromatic nitrogens is 1. The third kappa shape index (κ3) is 4.23. The molecular weight excluding hydrogens is 222 g/mol. The summed E-state index contributed by atoms with van der Waals surface area (Å²) in [5.74, 6) is 0.500. The monoisotopic (exact) mass is 239 g/mol. The second-order valence-corrected chi connectivity index (χ2v) is 3.94. The van der Waals surface area contributed by atoms with E-state index in [4.69, 9.17) is 5.73 Å². The maximum absolute atomic E-state index is 10.5. The Bertz CT molecular complexity index is 394. The lowest BCUT2D eigenvalue weighted by Crippen LogP contribution is -2.16. The van der Waals surface area contributed by atoms with Gasteiger partial charge < -0.3 is 16.0 Å². The quantitative estimate of drug-likeness (QED) is 0.435. The van der Waals surface area contributed by atoms with Gasteiger partial charge >= 0.3 is 5.69 Å². The Morgan fingerprint density at radius 1 is 1.53 bits per heavy atom. The Labute approximate surface area is 99.8 Å². The minimum atomic E-state index is -0.543. The van der Waals surface area contributed by atoms with Crippen molar-refractivity contribution in [3.63, 3.8) is 0 Å². The highest BCUT2D eigenvalue weighted by Crippen LogP contribution is 2.20. The van der Waals surface area contributed by atoms with Crippen LogP contribution in [-0.4, -0.2) is 42.0 Å². The highest BCUT2D eigenvalue weighted by atomic mass is 16.6. The summed E-state index contributed by atoms with van der Waals surface area (Å²) >= 11 is 0. The molecule has 0 aliphatic carbocycles. The molecule has 94 valence electrons. The molecule has 0 atom stereocenters. The van der Waals surface area contributed by atoms with Crippen LogP contribution in [0.2, 0.25) is 0 Å². The Morgan fingerprint density at radius 2 is 2.24 bits per heavy atom. The molecule has 0 aliphatic heterocycles. The molecule has 0 saturated carbocycles. The predicted octanol–water partition coefficient (Wildman–Crippen LogP) is 0.936. The number of nitrogens with zero attached hydrogens (tertiary/aromatic N) is 3. The molecule has 0 amide bonds. The summed E-state index contributed by atoms with van der Waals surface area (Å²) in [6.07, 6.45) is 0.964. The lowest BCUT2D eigenvalue weighted by Gasteiger charge is -2.10. The highest BCUT2D eigenvalue weighted by Gasteiger charge is 2.12. The van der Waals surface area contributed by atoms with E-state index in [0.717, 1.165) is 19.5 Å². The summed E-state index contributed by atoms with van der Waals surface area (Å²) in [7, 11) is 4.00. The SMILES string of the molecule is CN(C)CCCNc1ccc([N+](=O)[O-])c(N)n1. The topological polar surface area (TPSA) is 97.3 Å². The first-order valence-electron chi connectivity index (χ1n) is 5.30. The molecule has 17 heavy (non-hydrogen) atoms. The lowest BCUT2D eigenvalue weighted by molar-refractivity contribution is -0.384. The summed E-state index contributed by atoms with van der Waals surface area (Å²) in [6.45, 7) is 1.72. The number of nitro groups is 1. The number of pyridine rings is 1. The van der Waals surface area contributed by atoms with Crippen molar-refractivity contribution in [3.8, 4) is 0 Å². The van der Waals surface area contributed by atoms with Crippen molar-refractivity contribution in [1.82, 2.24) is 9.88 Å². The molecule has 0 bridgehead atoms. The molecule has 1 rings (SSSR count). The van der Waals surface area contributed by atoms with Gasteiger partial charge in [-0.15, -0.1) is 0 Å². The van der Waals surface area contributed by atoms with Crippen LogP contribution in [0.25, 0.3) is 0 Å². The van der Waals surface area contributed by atoms with Crippen molar-refractivity contribution in [2.75, 3.05) is 38.2 Å². The summed E-state index contributed by atoms with van der Waals surface area (Å²) in [5, 5.41) is 13.6. The Kier molecular flexibility index (Phi) is 4.65. The zero-order valence-electron chi connectivity index (χ0n) is 10.0. The molecule has 1 heterocycles. The first-order chi connectivity index (χ1) is 8.00. The predicted molar refractivity (Wildman–Crippen MR) is 67.0 cm³/mol. The summed E-state index contributed by atoms with van der Waals surface area (Å²) in [4.78, 5) is 16.0. The zero-order chi connectivity index (χ0) is 12.8. The van der Waals surface area contributed by atoms with Crippen LogP contribution in [0.5, 0.6) is 0 Å². The van der Waals surface area contributed by atoms with Crippen molar-refractivity contribution < 1.29 is 4.92 Å². The smallest absolute Gasteiger partial charge is 0.311 e. The van der Waals surface area contributed by atoms with Gasteiger partial charge in [-0.05, 0) is 33.1 Å². The third-order valence-electron chi connectivity index (χ3n) is 2.19. The molecule has 0 aromatic carbocycles. The van der Waals surface area contributed by atoms with E-state index in [1.54, 1.807) is 6.07 Å². The maximum Gasteiger partial charge on any atom is 0.311 e. The zero-order valence-corrected chi connectivity index (χ0v) is 10.0. The van der Waals surface area contributed by atoms with Crippen LogP contribution in [0.1, 0.15) is 6.42 Å². The molecule has 7 heteroatoms. The second kappa shape index (κ2) is 6.00. The molecule has 0 spiro atoms. The average molecular weight is 239 g/mol. The minimum absolute atomic E-state index is 0.0624. The highest BCUT2D eigenvalue weighted by molar-refractivity contribution is 5.57. The molecular formula is C10H17N5O2. The van der Waals surface area contributed by atoms with Gasteiger partial charge in [0.05, 0.1) is 4.92 Å². The number of nitrogens with one attached hydrogen (secondary N) is 1. The molecule has 1 aromatic rings. The van der Waals surface area contributed by atoms with E-state index in [1.807, 2.05) is 14.1 Å². The second-order valence-electron chi connectivity index (χ2n) is 3.94. The molecule has 0 radical (unpaired) electrons. The van der Waals surface area contributed by atoms with Gasteiger partial charge in [-0.1, -0.05) is 0 Å². The van der Waals surface area contributed by atoms with Gasteiger partial charge in [-0.3, -0.25) is 10.1 Å². The number of hydrogen-bond acceptors (Lipinski definition) is 6. The van der Waals surface area contributed by atoms with Gasteiger partial charge in [0.1, 0.15) is 5.82 Å². The normalized spacial score (nSPS) is 10.5. The molecule has 0 unspecified atom stereocenters. The standard InChI is InChI=1S/C10H17N5O2/c1-14(2)7-3-6-12-9-5-4-8(15(16)17)10(11)13-9/h4-5H,3,6-7H2,1-2H3,(H3,11,12,13). The van der Waals surface area contributed by atoms with Gasteiger partial charge in [0, 0.05) is 12.6 Å². The Balaban J connectivity index is 2.50. The van der Waals surface area contributed by atoms with Crippen molar-refractivity contribution in [2.45, 2.75) is 6.42 Å². The summed E-state index contributed by atoms with van der Waals surface area (Å²) in [6, 6.07) is 2.92. The first kappa shape index (κ1) is 13.2. The third-order valence-corrected chi connectivity index (χ3v) is 2.19. The Hall–Kier alpha value is -1.89. The van der Waals surface area contributed by atoms with E-state index in [1.165, 1.54) is 6.07 Å². The van der Waals surface area contributed by atoms with Gasteiger partial charge in [0.15, 0.2) is 0 Å². The van der Waals surface area contributed by atoms with Crippen LogP contribution < -0.4 is 11.1 Å². The lowest BCUT2D eigenvalue weighted by atomic mass is 10.3. The van der Waals surface area contributed by atoms with Crippen LogP contribution in [0.15, 0.2) is 12.1 Å². The molecule has 0 aliphatic rings. The fourth-order valence-corrected chi connectivity index (χ4v) is 1.33. The van der Waals surface area contributed by atoms with Crippen molar-refractivity contribution in [2.24, 2.45) is 0 Å². The summed E-state index contributed by atoms with van der Waals surface area (Å²) < 4.78 is 0. The van der Waals surface area contributed by atoms with Crippen LogP contribution in [0, 0.1) is 10.1 Å². The van der Waals surface area contributed by atoms with Crippen LogP contribution in [-0.2, 0) is 0 Å². The number of hydrogen-bond donors (Lipinski definition) is 2. The number of nitrogen functional groups attached to an aromatic ring is 1. The van der Waals surface area contributed by atoms with E-state index in [2.05, 4.69) is 15.2 Å². The fraction of sp³-hybridized carbons (Fsp3) is 0.500. The minimum Gasteiger partial charge on any atom is -0.378 e. The van der Waals surface area contributed by atoms with Crippen LogP contribution >= 0.6 is 0 Å². The summed E-state index contributed by atoms with van der Waals surface area (Å²) in [5.41, 5.74) is 5.31. The van der Waals surface area contributed by atoms with Crippen molar-refractivity contribution in [3.05, 3.63) is 22.2 Å². The van der Waals surface area contributed by atoms with E-state index < -0.39 is 4.92 Å². The van der Waals surface area contributed by atoms with E-state index in [9.17, 15) is 10.1 Å². The van der Waals surface area contributed by atoms with Gasteiger partial charge in [0.2, 0.25) is 5.82 Å². The van der Waals surface area contributed by atoms with Gasteiger partial charge in [0.25, 0.3) is 0 Å². The van der Waals surface area contributed by atoms with Crippen LogP contribution in [0.3, 0.4) is 0 Å². The molecule has 3 N–H and O–H groups in total. The molecule has 0 saturated heterocycles. The number of anilines is 2. The van der Waals surface area contributed by atoms with Gasteiger partial charge in [-0.2, -0.15) is 0 Å². The fourth-order valence-electron chi connectivity index (χ4n) is 1.33. The van der Waals surface area contributed by atoms with Gasteiger partial charge in [-0.25, -0.2) is 4.98 Å². The van der Waals surface area contributed by atoms with E-state index in [0.29, 0.717) is 5.82 Å².